The Bertz CT molecular complexity index is 844. The van der Waals surface area contributed by atoms with Crippen LogP contribution in [0.25, 0.3) is 0 Å². The number of esters is 1. The van der Waals surface area contributed by atoms with Gasteiger partial charge in [-0.2, -0.15) is 0 Å². The molecular weight excluding hydrogens is 423 g/mol. The fraction of sp³-hybridized carbons (Fsp3) is 0.435. The molecule has 2 atom stereocenters. The van der Waals surface area contributed by atoms with Crippen LogP contribution in [0.2, 0.25) is 5.02 Å². The average Bonchev–Trinajstić information content (AvgIpc) is 2.76. The summed E-state index contributed by atoms with van der Waals surface area (Å²) in [6.45, 7) is 5.18. The van der Waals surface area contributed by atoms with Crippen molar-refractivity contribution in [1.82, 2.24) is 9.80 Å². The maximum absolute atomic E-state index is 13.6. The first-order valence-electron chi connectivity index (χ1n) is 10.4. The molecule has 0 radical (unpaired) electrons. The summed E-state index contributed by atoms with van der Waals surface area (Å²) in [7, 11) is 0. The predicted octanol–water partition coefficient (Wildman–Crippen LogP) is 3.14. The number of carbonyl (C=O) groups is 1. The second kappa shape index (κ2) is 11.4. The van der Waals surface area contributed by atoms with Crippen molar-refractivity contribution in [3.8, 4) is 5.75 Å². The molecule has 0 aliphatic carbocycles. The van der Waals surface area contributed by atoms with Crippen molar-refractivity contribution in [3.05, 3.63) is 64.9 Å². The number of hydrogen-bond donors (Lipinski definition) is 1. The molecule has 2 aromatic carbocycles. The van der Waals surface area contributed by atoms with E-state index in [1.165, 1.54) is 12.1 Å². The molecular formula is C23H28ClFN2O4. The summed E-state index contributed by atoms with van der Waals surface area (Å²) in [4.78, 5) is 16.8. The van der Waals surface area contributed by atoms with E-state index in [-0.39, 0.29) is 18.3 Å². The molecule has 1 aliphatic rings. The van der Waals surface area contributed by atoms with Crippen molar-refractivity contribution in [2.45, 2.75) is 19.1 Å². The highest BCUT2D eigenvalue weighted by Gasteiger charge is 2.32. The molecule has 1 saturated heterocycles. The number of carbonyl (C=O) groups excluding carboxylic acids is 1. The van der Waals surface area contributed by atoms with Crippen LogP contribution in [0.1, 0.15) is 18.5 Å². The number of halogens is 2. The summed E-state index contributed by atoms with van der Waals surface area (Å²) in [5.74, 6) is -0.598. The van der Waals surface area contributed by atoms with Gasteiger partial charge in [0.1, 0.15) is 18.8 Å². The number of aliphatic hydroxyl groups is 1. The Morgan fingerprint density at radius 3 is 2.45 bits per heavy atom. The lowest BCUT2D eigenvalue weighted by Crippen LogP contribution is -2.51. The topological polar surface area (TPSA) is 62.2 Å². The molecule has 0 bridgehead atoms. The van der Waals surface area contributed by atoms with Gasteiger partial charge in [0.2, 0.25) is 0 Å². The van der Waals surface area contributed by atoms with Crippen LogP contribution in [0.3, 0.4) is 0 Å². The normalized spacial score (nSPS) is 17.2. The van der Waals surface area contributed by atoms with Crippen molar-refractivity contribution in [2.24, 2.45) is 0 Å². The standard InChI is InChI=1S/C23H28ClFN2O4/c1-2-30-23(29)22(17-7-9-18(24)10-8-17)27-13-11-26(12-14-27)15-19(28)16-31-21-6-4-3-5-20(21)25/h3-10,19,22,28H,2,11-16H2,1H3/t19-,22-/m0/s1. The van der Waals surface area contributed by atoms with Gasteiger partial charge < -0.3 is 14.6 Å². The van der Waals surface area contributed by atoms with E-state index in [2.05, 4.69) is 9.80 Å². The summed E-state index contributed by atoms with van der Waals surface area (Å²) in [5, 5.41) is 10.9. The Kier molecular flexibility index (Phi) is 8.66. The first-order valence-corrected chi connectivity index (χ1v) is 10.8. The zero-order chi connectivity index (χ0) is 22.2. The molecule has 6 nitrogen and oxygen atoms in total. The Hall–Kier alpha value is -2.19. The summed E-state index contributed by atoms with van der Waals surface area (Å²) in [6.07, 6.45) is -0.747. The van der Waals surface area contributed by atoms with E-state index in [1.807, 2.05) is 12.1 Å². The smallest absolute Gasteiger partial charge is 0.328 e. The van der Waals surface area contributed by atoms with Gasteiger partial charge in [0, 0.05) is 37.7 Å². The quantitative estimate of drug-likeness (QED) is 0.592. The number of nitrogens with zero attached hydrogens (tertiary/aromatic N) is 2. The van der Waals surface area contributed by atoms with Gasteiger partial charge in [-0.1, -0.05) is 35.9 Å². The van der Waals surface area contributed by atoms with Crippen LogP contribution in [0.5, 0.6) is 5.75 Å². The van der Waals surface area contributed by atoms with Gasteiger partial charge in [0.05, 0.1) is 6.61 Å². The SMILES string of the molecule is CCOC(=O)[C@H](c1ccc(Cl)cc1)N1CCN(C[C@H](O)COc2ccccc2F)CC1. The molecule has 2 aromatic rings. The number of piperazine rings is 1. The molecule has 0 amide bonds. The molecule has 3 rings (SSSR count). The lowest BCUT2D eigenvalue weighted by atomic mass is 10.0. The zero-order valence-electron chi connectivity index (χ0n) is 17.5. The van der Waals surface area contributed by atoms with Crippen LogP contribution in [-0.2, 0) is 9.53 Å². The molecule has 1 fully saturated rings. The molecule has 0 aromatic heterocycles. The molecule has 1 aliphatic heterocycles. The predicted molar refractivity (Wildman–Crippen MR) is 117 cm³/mol. The van der Waals surface area contributed by atoms with Gasteiger partial charge in [0.25, 0.3) is 0 Å². The highest BCUT2D eigenvalue weighted by molar-refractivity contribution is 6.30. The highest BCUT2D eigenvalue weighted by Crippen LogP contribution is 2.25. The number of β-amino-alcohol motifs (C(OH)–C–C–N with tert-alkyl or cyclic N) is 1. The lowest BCUT2D eigenvalue weighted by Gasteiger charge is -2.39. The minimum Gasteiger partial charge on any atom is -0.488 e. The molecule has 31 heavy (non-hydrogen) atoms. The number of ether oxygens (including phenoxy) is 2. The van der Waals surface area contributed by atoms with Gasteiger partial charge in [-0.25, -0.2) is 9.18 Å². The number of rotatable bonds is 9. The van der Waals surface area contributed by atoms with Crippen molar-refractivity contribution < 1.29 is 23.8 Å². The van der Waals surface area contributed by atoms with Crippen LogP contribution < -0.4 is 4.74 Å². The second-order valence-corrected chi connectivity index (χ2v) is 7.87. The van der Waals surface area contributed by atoms with Crippen LogP contribution in [0, 0.1) is 5.82 Å². The van der Waals surface area contributed by atoms with Crippen molar-refractivity contribution in [2.75, 3.05) is 45.9 Å². The van der Waals surface area contributed by atoms with E-state index in [9.17, 15) is 14.3 Å². The molecule has 168 valence electrons. The van der Waals surface area contributed by atoms with Crippen LogP contribution in [0.15, 0.2) is 48.5 Å². The van der Waals surface area contributed by atoms with E-state index < -0.39 is 18.0 Å². The van der Waals surface area contributed by atoms with Gasteiger partial charge in [-0.3, -0.25) is 9.80 Å². The number of aliphatic hydroxyl groups excluding tert-OH is 1. The Labute approximate surface area is 187 Å². The maximum Gasteiger partial charge on any atom is 0.328 e. The summed E-state index contributed by atoms with van der Waals surface area (Å²) >= 11 is 5.99. The minimum absolute atomic E-state index is 0.0113. The summed E-state index contributed by atoms with van der Waals surface area (Å²) < 4.78 is 24.3. The van der Waals surface area contributed by atoms with E-state index in [4.69, 9.17) is 21.1 Å². The minimum atomic E-state index is -0.747. The van der Waals surface area contributed by atoms with Crippen molar-refractivity contribution >= 4 is 17.6 Å². The Morgan fingerprint density at radius 2 is 1.81 bits per heavy atom. The van der Waals surface area contributed by atoms with E-state index in [1.54, 1.807) is 31.2 Å². The van der Waals surface area contributed by atoms with Crippen molar-refractivity contribution in [3.63, 3.8) is 0 Å². The summed E-state index contributed by atoms with van der Waals surface area (Å²) in [6, 6.07) is 12.9. The molecule has 0 spiro atoms. The van der Waals surface area contributed by atoms with E-state index in [0.29, 0.717) is 44.4 Å². The Morgan fingerprint density at radius 1 is 1.13 bits per heavy atom. The fourth-order valence-corrected chi connectivity index (χ4v) is 3.79. The maximum atomic E-state index is 13.6. The number of benzene rings is 2. The van der Waals surface area contributed by atoms with Crippen LogP contribution in [0.4, 0.5) is 4.39 Å². The van der Waals surface area contributed by atoms with Crippen molar-refractivity contribution in [1.29, 1.82) is 0 Å². The first kappa shape index (κ1) is 23.5. The number of hydrogen-bond acceptors (Lipinski definition) is 6. The molecule has 0 saturated carbocycles. The van der Waals surface area contributed by atoms with Gasteiger partial charge >= 0.3 is 5.97 Å². The molecule has 8 heteroatoms. The second-order valence-electron chi connectivity index (χ2n) is 7.44. The van der Waals surface area contributed by atoms with Crippen LogP contribution >= 0.6 is 11.6 Å². The number of para-hydroxylation sites is 1. The molecule has 0 unspecified atom stereocenters. The zero-order valence-corrected chi connectivity index (χ0v) is 18.3. The molecule has 1 heterocycles. The third kappa shape index (κ3) is 6.64. The van der Waals surface area contributed by atoms with E-state index >= 15 is 0 Å². The summed E-state index contributed by atoms with van der Waals surface area (Å²) in [5.41, 5.74) is 0.842. The van der Waals surface area contributed by atoms with Gasteiger partial charge in [-0.15, -0.1) is 0 Å². The van der Waals surface area contributed by atoms with Crippen LogP contribution in [-0.4, -0.2) is 72.9 Å². The third-order valence-electron chi connectivity index (χ3n) is 5.20. The largest absolute Gasteiger partial charge is 0.488 e. The Balaban J connectivity index is 1.53. The van der Waals surface area contributed by atoms with Gasteiger partial charge in [-0.05, 0) is 36.8 Å². The monoisotopic (exact) mass is 450 g/mol. The highest BCUT2D eigenvalue weighted by atomic mass is 35.5. The first-order chi connectivity index (χ1) is 15.0. The third-order valence-corrected chi connectivity index (χ3v) is 5.46. The van der Waals surface area contributed by atoms with E-state index in [0.717, 1.165) is 5.56 Å². The molecule has 1 N–H and O–H groups in total. The average molecular weight is 451 g/mol. The van der Waals surface area contributed by atoms with Gasteiger partial charge in [0.15, 0.2) is 11.6 Å². The fourth-order valence-electron chi connectivity index (χ4n) is 3.66. The lowest BCUT2D eigenvalue weighted by molar-refractivity contribution is -0.150.